The number of rotatable bonds is 7. The molecule has 6 heteroatoms. The van der Waals surface area contributed by atoms with Gasteiger partial charge >= 0.3 is 5.97 Å². The van der Waals surface area contributed by atoms with Gasteiger partial charge in [-0.3, -0.25) is 4.79 Å². The van der Waals surface area contributed by atoms with Crippen LogP contribution in [0.5, 0.6) is 5.75 Å². The number of aliphatic hydroxyl groups is 1. The number of carboxylic acids is 1. The minimum Gasteiger partial charge on any atom is -0.494 e. The molecule has 2 atom stereocenters. The molecule has 2 unspecified atom stereocenters. The van der Waals surface area contributed by atoms with Gasteiger partial charge < -0.3 is 20.3 Å². The zero-order valence-electron chi connectivity index (χ0n) is 11.5. The molecule has 1 aromatic carbocycles. The lowest BCUT2D eigenvalue weighted by Gasteiger charge is -2.17. The van der Waals surface area contributed by atoms with Gasteiger partial charge in [0, 0.05) is 5.56 Å². The molecule has 6 nitrogen and oxygen atoms in total. The van der Waals surface area contributed by atoms with Crippen molar-refractivity contribution in [2.45, 2.75) is 32.4 Å². The monoisotopic (exact) mass is 281 g/mol. The van der Waals surface area contributed by atoms with Crippen LogP contribution < -0.4 is 10.1 Å². The maximum atomic E-state index is 11.9. The van der Waals surface area contributed by atoms with Gasteiger partial charge in [0.25, 0.3) is 5.91 Å². The second kappa shape index (κ2) is 7.49. The Kier molecular flexibility index (Phi) is 5.99. The Morgan fingerprint density at radius 1 is 1.40 bits per heavy atom. The Labute approximate surface area is 117 Å². The number of carbonyl (C=O) groups is 2. The molecular weight excluding hydrogens is 262 g/mol. The molecule has 0 spiro atoms. The number of hydrogen-bond acceptors (Lipinski definition) is 4. The lowest BCUT2D eigenvalue weighted by Crippen LogP contribution is -2.47. The first-order chi connectivity index (χ1) is 9.45. The van der Waals surface area contributed by atoms with Crippen LogP contribution >= 0.6 is 0 Å². The topological polar surface area (TPSA) is 95.9 Å². The predicted octanol–water partition coefficient (Wildman–Crippen LogP) is 1.04. The molecule has 1 aromatic rings. The number of nitrogens with one attached hydrogen (secondary N) is 1. The summed E-state index contributed by atoms with van der Waals surface area (Å²) < 4.78 is 5.40. The van der Waals surface area contributed by atoms with E-state index in [1.165, 1.54) is 13.0 Å². The maximum Gasteiger partial charge on any atom is 0.328 e. The molecule has 0 aromatic heterocycles. The molecule has 3 N–H and O–H groups in total. The van der Waals surface area contributed by atoms with Crippen molar-refractivity contribution in [2.24, 2.45) is 0 Å². The van der Waals surface area contributed by atoms with Crippen molar-refractivity contribution in [1.29, 1.82) is 0 Å². The van der Waals surface area contributed by atoms with E-state index in [2.05, 4.69) is 5.32 Å². The van der Waals surface area contributed by atoms with Gasteiger partial charge in [-0.1, -0.05) is 13.0 Å². The third-order valence-electron chi connectivity index (χ3n) is 2.60. The summed E-state index contributed by atoms with van der Waals surface area (Å²) in [5, 5.41) is 20.5. The van der Waals surface area contributed by atoms with E-state index in [9.17, 15) is 14.7 Å². The molecule has 0 heterocycles. The normalized spacial score (nSPS) is 13.3. The van der Waals surface area contributed by atoms with Crippen LogP contribution in [0, 0.1) is 0 Å². The van der Waals surface area contributed by atoms with E-state index in [4.69, 9.17) is 9.84 Å². The Hall–Kier alpha value is -2.08. The van der Waals surface area contributed by atoms with Gasteiger partial charge in [-0.05, 0) is 31.5 Å². The van der Waals surface area contributed by atoms with Crippen LogP contribution in [0.3, 0.4) is 0 Å². The van der Waals surface area contributed by atoms with Crippen molar-refractivity contribution >= 4 is 11.9 Å². The second-order valence-electron chi connectivity index (χ2n) is 4.41. The summed E-state index contributed by atoms with van der Waals surface area (Å²) in [6, 6.07) is 5.11. The first kappa shape index (κ1) is 16.0. The predicted molar refractivity (Wildman–Crippen MR) is 72.8 cm³/mol. The lowest BCUT2D eigenvalue weighted by molar-refractivity contribution is -0.141. The van der Waals surface area contributed by atoms with Gasteiger partial charge in [-0.15, -0.1) is 0 Å². The van der Waals surface area contributed by atoms with Crippen LogP contribution in [0.15, 0.2) is 24.3 Å². The summed E-state index contributed by atoms with van der Waals surface area (Å²) in [6.07, 6.45) is -0.338. The number of carboxylic acid groups (broad SMARTS) is 1. The molecule has 0 saturated carbocycles. The number of benzene rings is 1. The Balaban J connectivity index is 2.78. The van der Waals surface area contributed by atoms with E-state index in [0.717, 1.165) is 6.42 Å². The molecule has 0 aliphatic carbocycles. The van der Waals surface area contributed by atoms with Crippen molar-refractivity contribution in [1.82, 2.24) is 5.32 Å². The smallest absolute Gasteiger partial charge is 0.328 e. The standard InChI is InChI=1S/C14H19NO5/c1-3-7-20-11-6-4-5-10(8-11)13(17)15-12(9(2)16)14(18)19/h4-6,8-9,12,16H,3,7H2,1-2H3,(H,15,17)(H,18,19). The number of ether oxygens (including phenoxy) is 1. The minimum atomic E-state index is -1.34. The molecule has 110 valence electrons. The molecule has 0 fully saturated rings. The van der Waals surface area contributed by atoms with Crippen LogP contribution in [0.4, 0.5) is 0 Å². The average molecular weight is 281 g/mol. The van der Waals surface area contributed by atoms with Gasteiger partial charge in [0.15, 0.2) is 6.04 Å². The Morgan fingerprint density at radius 3 is 2.65 bits per heavy atom. The largest absolute Gasteiger partial charge is 0.494 e. The first-order valence-corrected chi connectivity index (χ1v) is 6.40. The molecule has 0 saturated heterocycles. The summed E-state index contributed by atoms with van der Waals surface area (Å²) in [6.45, 7) is 3.81. The highest BCUT2D eigenvalue weighted by molar-refractivity contribution is 5.97. The fraction of sp³-hybridized carbons (Fsp3) is 0.429. The Bertz CT molecular complexity index is 472. The molecule has 1 rings (SSSR count). The second-order valence-corrected chi connectivity index (χ2v) is 4.41. The van der Waals surface area contributed by atoms with Crippen LogP contribution in [-0.4, -0.2) is 40.8 Å². The van der Waals surface area contributed by atoms with Crippen LogP contribution in [0.1, 0.15) is 30.6 Å². The molecule has 1 amide bonds. The van der Waals surface area contributed by atoms with E-state index in [1.54, 1.807) is 18.2 Å². The molecule has 20 heavy (non-hydrogen) atoms. The third kappa shape index (κ3) is 4.55. The number of hydrogen-bond donors (Lipinski definition) is 3. The maximum absolute atomic E-state index is 11.9. The van der Waals surface area contributed by atoms with Gasteiger partial charge in [-0.25, -0.2) is 4.79 Å². The van der Waals surface area contributed by atoms with Gasteiger partial charge in [0.05, 0.1) is 12.7 Å². The van der Waals surface area contributed by atoms with Crippen molar-refractivity contribution in [3.05, 3.63) is 29.8 Å². The van der Waals surface area contributed by atoms with Crippen molar-refractivity contribution < 1.29 is 24.5 Å². The zero-order chi connectivity index (χ0) is 15.1. The summed E-state index contributed by atoms with van der Waals surface area (Å²) >= 11 is 0. The first-order valence-electron chi connectivity index (χ1n) is 6.40. The molecule has 0 radical (unpaired) electrons. The van der Waals surface area contributed by atoms with Crippen molar-refractivity contribution in [2.75, 3.05) is 6.61 Å². The SMILES string of the molecule is CCCOc1cccc(C(=O)NC(C(=O)O)C(C)O)c1. The quantitative estimate of drug-likeness (QED) is 0.694. The van der Waals surface area contributed by atoms with Gasteiger partial charge in [0.1, 0.15) is 5.75 Å². The summed E-state index contributed by atoms with van der Waals surface area (Å²) in [4.78, 5) is 22.9. The number of aliphatic hydroxyl groups excluding tert-OH is 1. The number of amides is 1. The summed E-state index contributed by atoms with van der Waals surface area (Å²) in [7, 11) is 0. The van der Waals surface area contributed by atoms with Crippen LogP contribution in [-0.2, 0) is 4.79 Å². The fourth-order valence-electron chi connectivity index (χ4n) is 1.56. The summed E-state index contributed by atoms with van der Waals surface area (Å²) in [5.41, 5.74) is 0.283. The van der Waals surface area contributed by atoms with Crippen LogP contribution in [0.2, 0.25) is 0 Å². The highest BCUT2D eigenvalue weighted by Crippen LogP contribution is 2.14. The number of aliphatic carboxylic acids is 1. The van der Waals surface area contributed by atoms with E-state index >= 15 is 0 Å². The third-order valence-corrected chi connectivity index (χ3v) is 2.60. The van der Waals surface area contributed by atoms with Crippen molar-refractivity contribution in [3.63, 3.8) is 0 Å². The summed E-state index contributed by atoms with van der Waals surface area (Å²) in [5.74, 6) is -1.31. The molecular formula is C14H19NO5. The van der Waals surface area contributed by atoms with Crippen molar-refractivity contribution in [3.8, 4) is 5.75 Å². The van der Waals surface area contributed by atoms with E-state index in [-0.39, 0.29) is 5.56 Å². The van der Waals surface area contributed by atoms with E-state index < -0.39 is 24.0 Å². The van der Waals surface area contributed by atoms with Gasteiger partial charge in [0.2, 0.25) is 0 Å². The lowest BCUT2D eigenvalue weighted by atomic mass is 10.1. The highest BCUT2D eigenvalue weighted by Gasteiger charge is 2.25. The van der Waals surface area contributed by atoms with Gasteiger partial charge in [-0.2, -0.15) is 0 Å². The fourth-order valence-corrected chi connectivity index (χ4v) is 1.56. The van der Waals surface area contributed by atoms with E-state index in [1.807, 2.05) is 6.92 Å². The average Bonchev–Trinajstić information content (AvgIpc) is 2.41. The van der Waals surface area contributed by atoms with Crippen LogP contribution in [0.25, 0.3) is 0 Å². The number of carbonyl (C=O) groups excluding carboxylic acids is 1. The highest BCUT2D eigenvalue weighted by atomic mass is 16.5. The zero-order valence-corrected chi connectivity index (χ0v) is 11.5. The minimum absolute atomic E-state index is 0.283. The Morgan fingerprint density at radius 2 is 2.10 bits per heavy atom. The molecule has 0 aliphatic rings. The van der Waals surface area contributed by atoms with E-state index in [0.29, 0.717) is 12.4 Å². The molecule has 0 aliphatic heterocycles. The molecule has 0 bridgehead atoms.